The highest BCUT2D eigenvalue weighted by Gasteiger charge is 1.99. The molecule has 0 aliphatic rings. The van der Waals surface area contributed by atoms with Gasteiger partial charge in [0.05, 0.1) is 0 Å². The topological polar surface area (TPSA) is 12.0 Å². The summed E-state index contributed by atoms with van der Waals surface area (Å²) in [5, 5.41) is 6.33. The fourth-order valence-electron chi connectivity index (χ4n) is 1.60. The summed E-state index contributed by atoms with van der Waals surface area (Å²) in [5.41, 5.74) is 2.36. The van der Waals surface area contributed by atoms with Crippen LogP contribution >= 0.6 is 22.9 Å². The van der Waals surface area contributed by atoms with Crippen LogP contribution in [0.1, 0.15) is 10.4 Å². The highest BCUT2D eigenvalue weighted by atomic mass is 35.5. The van der Waals surface area contributed by atoms with E-state index < -0.39 is 0 Å². The van der Waals surface area contributed by atoms with Gasteiger partial charge in [-0.2, -0.15) is 0 Å². The van der Waals surface area contributed by atoms with E-state index in [-0.39, 0.29) is 0 Å². The van der Waals surface area contributed by atoms with Gasteiger partial charge in [0.15, 0.2) is 0 Å². The quantitative estimate of drug-likeness (QED) is 0.851. The molecule has 3 heteroatoms. The van der Waals surface area contributed by atoms with Crippen molar-refractivity contribution in [1.29, 1.82) is 0 Å². The van der Waals surface area contributed by atoms with Crippen molar-refractivity contribution in [2.24, 2.45) is 0 Å². The molecule has 0 aliphatic carbocycles. The summed E-state index contributed by atoms with van der Waals surface area (Å²) < 4.78 is 0. The van der Waals surface area contributed by atoms with Gasteiger partial charge < -0.3 is 5.32 Å². The zero-order valence-electron chi connectivity index (χ0n) is 9.16. The third-order valence-electron chi connectivity index (χ3n) is 2.46. The Morgan fingerprint density at radius 3 is 2.88 bits per heavy atom. The molecular formula is C13H14ClNS. The van der Waals surface area contributed by atoms with Crippen LogP contribution in [-0.2, 0) is 6.42 Å². The Morgan fingerprint density at radius 2 is 2.19 bits per heavy atom. The molecule has 2 rings (SSSR count). The second kappa shape index (κ2) is 5.37. The number of benzene rings is 1. The Hall–Kier alpha value is -0.990. The van der Waals surface area contributed by atoms with Crippen molar-refractivity contribution in [3.8, 4) is 0 Å². The highest BCUT2D eigenvalue weighted by Crippen LogP contribution is 2.19. The van der Waals surface area contributed by atoms with Crippen LogP contribution in [-0.4, -0.2) is 6.54 Å². The Morgan fingerprint density at radius 1 is 1.31 bits per heavy atom. The lowest BCUT2D eigenvalue weighted by molar-refractivity contribution is 1.04. The monoisotopic (exact) mass is 251 g/mol. The maximum absolute atomic E-state index is 5.91. The van der Waals surface area contributed by atoms with E-state index in [1.54, 1.807) is 11.3 Å². The van der Waals surface area contributed by atoms with E-state index in [4.69, 9.17) is 11.6 Å². The molecule has 1 nitrogen and oxygen atoms in total. The predicted molar refractivity (Wildman–Crippen MR) is 72.7 cm³/mol. The zero-order valence-corrected chi connectivity index (χ0v) is 10.7. The third-order valence-corrected chi connectivity index (χ3v) is 3.63. The van der Waals surface area contributed by atoms with Crippen LogP contribution in [0.5, 0.6) is 0 Å². The van der Waals surface area contributed by atoms with E-state index in [2.05, 4.69) is 29.8 Å². The maximum atomic E-state index is 5.91. The van der Waals surface area contributed by atoms with Crippen LogP contribution in [0.25, 0.3) is 0 Å². The second-order valence-electron chi connectivity index (χ2n) is 3.72. The van der Waals surface area contributed by atoms with Gasteiger partial charge in [-0.05, 0) is 48.6 Å². The molecule has 0 atom stereocenters. The van der Waals surface area contributed by atoms with Crippen LogP contribution in [0.4, 0.5) is 5.69 Å². The molecular weight excluding hydrogens is 238 g/mol. The van der Waals surface area contributed by atoms with Gasteiger partial charge >= 0.3 is 0 Å². The van der Waals surface area contributed by atoms with Crippen LogP contribution in [0.2, 0.25) is 5.02 Å². The van der Waals surface area contributed by atoms with Crippen LogP contribution in [0.15, 0.2) is 35.7 Å². The molecule has 16 heavy (non-hydrogen) atoms. The minimum atomic E-state index is 0.793. The number of nitrogens with one attached hydrogen (secondary N) is 1. The van der Waals surface area contributed by atoms with E-state index in [9.17, 15) is 0 Å². The van der Waals surface area contributed by atoms with Crippen molar-refractivity contribution in [3.63, 3.8) is 0 Å². The minimum Gasteiger partial charge on any atom is -0.384 e. The molecule has 84 valence electrons. The zero-order chi connectivity index (χ0) is 11.4. The van der Waals surface area contributed by atoms with Gasteiger partial charge in [0, 0.05) is 22.1 Å². The summed E-state index contributed by atoms with van der Waals surface area (Å²) in [5.74, 6) is 0. The normalized spacial score (nSPS) is 10.4. The Balaban J connectivity index is 1.90. The second-order valence-corrected chi connectivity index (χ2v) is 5.18. The van der Waals surface area contributed by atoms with Crippen molar-refractivity contribution in [2.75, 3.05) is 11.9 Å². The van der Waals surface area contributed by atoms with Gasteiger partial charge in [-0.25, -0.2) is 0 Å². The molecule has 0 fully saturated rings. The molecule has 0 unspecified atom stereocenters. The molecule has 0 radical (unpaired) electrons. The van der Waals surface area contributed by atoms with Crippen molar-refractivity contribution in [1.82, 2.24) is 0 Å². The van der Waals surface area contributed by atoms with Crippen molar-refractivity contribution in [2.45, 2.75) is 13.3 Å². The van der Waals surface area contributed by atoms with Gasteiger partial charge in [0.2, 0.25) is 0 Å². The first kappa shape index (κ1) is 11.5. The average molecular weight is 252 g/mol. The lowest BCUT2D eigenvalue weighted by Gasteiger charge is -2.08. The van der Waals surface area contributed by atoms with E-state index in [0.717, 1.165) is 18.0 Å². The van der Waals surface area contributed by atoms with Gasteiger partial charge in [-0.3, -0.25) is 0 Å². The van der Waals surface area contributed by atoms with Crippen molar-refractivity contribution < 1.29 is 0 Å². The molecule has 1 aromatic carbocycles. The third kappa shape index (κ3) is 3.00. The smallest absolute Gasteiger partial charge is 0.0410 e. The summed E-state index contributed by atoms with van der Waals surface area (Å²) in [6.07, 6.45) is 1.07. The fourth-order valence-corrected chi connectivity index (χ4v) is 2.54. The first-order valence-electron chi connectivity index (χ1n) is 5.28. The summed E-state index contributed by atoms with van der Waals surface area (Å²) in [4.78, 5) is 1.42. The van der Waals surface area contributed by atoms with E-state index >= 15 is 0 Å². The number of hydrogen-bond acceptors (Lipinski definition) is 2. The van der Waals surface area contributed by atoms with Gasteiger partial charge in [0.25, 0.3) is 0 Å². The Kier molecular flexibility index (Phi) is 3.86. The molecule has 0 aliphatic heterocycles. The number of rotatable bonds is 4. The largest absolute Gasteiger partial charge is 0.384 e. The van der Waals surface area contributed by atoms with E-state index in [0.29, 0.717) is 0 Å². The maximum Gasteiger partial charge on any atom is 0.0410 e. The first-order chi connectivity index (χ1) is 7.75. The van der Waals surface area contributed by atoms with E-state index in [1.807, 2.05) is 18.2 Å². The minimum absolute atomic E-state index is 0.793. The molecule has 0 bridgehead atoms. The summed E-state index contributed by atoms with van der Waals surface area (Å²) in [6.45, 7) is 3.03. The first-order valence-corrected chi connectivity index (χ1v) is 6.54. The van der Waals surface area contributed by atoms with Gasteiger partial charge in [0.1, 0.15) is 0 Å². The SMILES string of the molecule is Cc1cc(Cl)ccc1NCCc1cccs1. The van der Waals surface area contributed by atoms with Gasteiger partial charge in [-0.1, -0.05) is 17.7 Å². The number of halogens is 1. The van der Waals surface area contributed by atoms with E-state index in [1.165, 1.54) is 16.1 Å². The van der Waals surface area contributed by atoms with Crippen LogP contribution in [0.3, 0.4) is 0 Å². The molecule has 0 spiro atoms. The summed E-state index contributed by atoms with van der Waals surface area (Å²) in [6, 6.07) is 10.2. The molecule has 2 aromatic rings. The Labute approximate surface area is 105 Å². The number of anilines is 1. The summed E-state index contributed by atoms with van der Waals surface area (Å²) >= 11 is 7.71. The standard InChI is InChI=1S/C13H14ClNS/c1-10-9-11(14)4-5-13(10)15-7-6-12-3-2-8-16-12/h2-5,8-9,15H,6-7H2,1H3. The number of aryl methyl sites for hydroxylation is 1. The predicted octanol–water partition coefficient (Wildman–Crippen LogP) is 4.36. The number of hydrogen-bond donors (Lipinski definition) is 1. The molecule has 1 heterocycles. The molecule has 0 saturated heterocycles. The molecule has 1 N–H and O–H groups in total. The number of thiophene rings is 1. The lowest BCUT2D eigenvalue weighted by Crippen LogP contribution is -2.04. The van der Waals surface area contributed by atoms with Crippen molar-refractivity contribution >= 4 is 28.6 Å². The summed E-state index contributed by atoms with van der Waals surface area (Å²) in [7, 11) is 0. The lowest BCUT2D eigenvalue weighted by atomic mass is 10.2. The molecule has 0 amide bonds. The highest BCUT2D eigenvalue weighted by molar-refractivity contribution is 7.09. The van der Waals surface area contributed by atoms with Gasteiger partial charge in [-0.15, -0.1) is 11.3 Å². The molecule has 1 aromatic heterocycles. The fraction of sp³-hybridized carbons (Fsp3) is 0.231. The average Bonchev–Trinajstić information content (AvgIpc) is 2.74. The van der Waals surface area contributed by atoms with Crippen molar-refractivity contribution in [3.05, 3.63) is 51.2 Å². The molecule has 0 saturated carbocycles. The van der Waals surface area contributed by atoms with Crippen LogP contribution < -0.4 is 5.32 Å². The van der Waals surface area contributed by atoms with Crippen LogP contribution in [0, 0.1) is 6.92 Å². The Bertz CT molecular complexity index is 451.